The van der Waals surface area contributed by atoms with Crippen LogP contribution >= 0.6 is 0 Å². The summed E-state index contributed by atoms with van der Waals surface area (Å²) in [7, 11) is 2.24. The summed E-state index contributed by atoms with van der Waals surface area (Å²) < 4.78 is 6.33. The van der Waals surface area contributed by atoms with Crippen LogP contribution in [0.15, 0.2) is 66.9 Å². The molecule has 4 atom stereocenters. The number of hydrogen-bond acceptors (Lipinski definition) is 6. The molecule has 4 heterocycles. The third-order valence-corrected chi connectivity index (χ3v) is 7.55. The molecule has 0 spiro atoms. The third kappa shape index (κ3) is 4.34. The second-order valence-electron chi connectivity index (χ2n) is 9.75. The van der Waals surface area contributed by atoms with Crippen molar-refractivity contribution in [3.8, 4) is 17.0 Å². The van der Waals surface area contributed by atoms with Crippen molar-refractivity contribution in [3.63, 3.8) is 0 Å². The molecule has 0 unspecified atom stereocenters. The van der Waals surface area contributed by atoms with Crippen LogP contribution in [0.4, 0.5) is 0 Å². The van der Waals surface area contributed by atoms with Gasteiger partial charge in [0.2, 0.25) is 0 Å². The van der Waals surface area contributed by atoms with E-state index in [1.807, 2.05) is 30.3 Å². The molecule has 2 aliphatic rings. The van der Waals surface area contributed by atoms with Crippen LogP contribution in [0.3, 0.4) is 0 Å². The number of carbonyl (C=O) groups excluding carboxylic acids is 1. The molecule has 4 aromatic rings. The number of nitrogens with zero attached hydrogens (tertiary/aromatic N) is 3. The molecule has 6 rings (SSSR count). The van der Waals surface area contributed by atoms with Crippen molar-refractivity contribution < 1.29 is 14.6 Å². The van der Waals surface area contributed by atoms with Crippen LogP contribution in [0, 0.1) is 0 Å². The Kier molecular flexibility index (Phi) is 5.91. The van der Waals surface area contributed by atoms with Gasteiger partial charge in [-0.2, -0.15) is 5.10 Å². The first-order valence-electron chi connectivity index (χ1n) is 12.4. The molecule has 2 aromatic heterocycles. The lowest BCUT2D eigenvalue weighted by Gasteiger charge is -2.36. The zero-order valence-electron chi connectivity index (χ0n) is 20.1. The predicted molar refractivity (Wildman–Crippen MR) is 136 cm³/mol. The summed E-state index contributed by atoms with van der Waals surface area (Å²) in [6.45, 7) is 0. The Morgan fingerprint density at radius 1 is 1.11 bits per heavy atom. The highest BCUT2D eigenvalue weighted by Gasteiger charge is 2.39. The number of aliphatic hydroxyl groups is 1. The highest BCUT2D eigenvalue weighted by Crippen LogP contribution is 2.36. The number of benzene rings is 2. The number of aromatic nitrogens is 3. The smallest absolute Gasteiger partial charge is 0.253 e. The average molecular weight is 484 g/mol. The highest BCUT2D eigenvalue weighted by atomic mass is 16.5. The van der Waals surface area contributed by atoms with Crippen molar-refractivity contribution in [2.45, 2.75) is 50.1 Å². The van der Waals surface area contributed by atoms with Crippen molar-refractivity contribution in [1.29, 1.82) is 0 Å². The van der Waals surface area contributed by atoms with Gasteiger partial charge in [-0.05, 0) is 87.3 Å². The third-order valence-electron chi connectivity index (χ3n) is 7.55. The fraction of sp³-hybridized carbons (Fsp3) is 0.321. The van der Waals surface area contributed by atoms with Gasteiger partial charge in [-0.3, -0.25) is 14.9 Å². The van der Waals surface area contributed by atoms with Crippen LogP contribution in [0.5, 0.6) is 5.75 Å². The molecule has 0 radical (unpaired) electrons. The zero-order chi connectivity index (χ0) is 24.6. The first-order valence-corrected chi connectivity index (χ1v) is 12.4. The minimum absolute atomic E-state index is 0.262. The van der Waals surface area contributed by atoms with E-state index in [0.717, 1.165) is 40.8 Å². The number of aliphatic hydroxyl groups excluding tert-OH is 1. The molecule has 8 heteroatoms. The molecule has 3 N–H and O–H groups in total. The molecule has 2 saturated heterocycles. The van der Waals surface area contributed by atoms with E-state index in [2.05, 4.69) is 32.4 Å². The number of hydrogen-bond donors (Lipinski definition) is 3. The topological polar surface area (TPSA) is 103 Å². The van der Waals surface area contributed by atoms with E-state index in [-0.39, 0.29) is 6.10 Å². The second-order valence-corrected chi connectivity index (χ2v) is 9.75. The Balaban J connectivity index is 1.18. The molecule has 0 saturated carbocycles. The molecule has 2 fully saturated rings. The summed E-state index contributed by atoms with van der Waals surface area (Å²) in [4.78, 5) is 19.4. The maximum Gasteiger partial charge on any atom is 0.253 e. The van der Waals surface area contributed by atoms with Gasteiger partial charge in [0.15, 0.2) is 6.23 Å². The molecule has 2 aromatic carbocycles. The number of fused-ring (bicyclic) bond motifs is 3. The van der Waals surface area contributed by atoms with E-state index in [4.69, 9.17) is 4.74 Å². The Morgan fingerprint density at radius 2 is 1.89 bits per heavy atom. The molecule has 2 bridgehead atoms. The van der Waals surface area contributed by atoms with Crippen molar-refractivity contribution in [2.24, 2.45) is 0 Å². The molecule has 36 heavy (non-hydrogen) atoms. The predicted octanol–water partition coefficient (Wildman–Crippen LogP) is 4.05. The maximum absolute atomic E-state index is 12.8. The van der Waals surface area contributed by atoms with E-state index in [9.17, 15) is 9.90 Å². The van der Waals surface area contributed by atoms with Gasteiger partial charge in [0.1, 0.15) is 11.9 Å². The monoisotopic (exact) mass is 483 g/mol. The van der Waals surface area contributed by atoms with Gasteiger partial charge in [-0.15, -0.1) is 0 Å². The van der Waals surface area contributed by atoms with Crippen LogP contribution in [-0.2, 0) is 0 Å². The number of rotatable bonds is 6. The lowest BCUT2D eigenvalue weighted by atomic mass is 10.0. The van der Waals surface area contributed by atoms with Crippen molar-refractivity contribution in [3.05, 3.63) is 78.1 Å². The van der Waals surface area contributed by atoms with E-state index in [0.29, 0.717) is 23.3 Å². The number of amides is 1. The highest BCUT2D eigenvalue weighted by molar-refractivity contribution is 6.01. The van der Waals surface area contributed by atoms with Crippen LogP contribution in [-0.4, -0.2) is 56.3 Å². The number of carbonyl (C=O) groups is 1. The zero-order valence-corrected chi connectivity index (χ0v) is 20.1. The summed E-state index contributed by atoms with van der Waals surface area (Å²) in [5.74, 6) is 0.481. The Morgan fingerprint density at radius 3 is 2.61 bits per heavy atom. The van der Waals surface area contributed by atoms with E-state index >= 15 is 0 Å². The van der Waals surface area contributed by atoms with Gasteiger partial charge in [-0.1, -0.05) is 6.07 Å². The number of nitrogens with one attached hydrogen (secondary N) is 2. The number of aromatic amines is 1. The minimum Gasteiger partial charge on any atom is -0.490 e. The van der Waals surface area contributed by atoms with E-state index in [1.54, 1.807) is 36.5 Å². The summed E-state index contributed by atoms with van der Waals surface area (Å²) in [6.07, 6.45) is 5.35. The Hall–Kier alpha value is -3.75. The van der Waals surface area contributed by atoms with Crippen molar-refractivity contribution in [1.82, 2.24) is 25.4 Å². The lowest BCUT2D eigenvalue weighted by Crippen LogP contribution is -2.43. The number of H-pyrrole nitrogens is 1. The Labute approximate surface area is 209 Å². The average Bonchev–Trinajstić information content (AvgIpc) is 3.40. The lowest BCUT2D eigenvalue weighted by molar-refractivity contribution is 0.0661. The van der Waals surface area contributed by atoms with Gasteiger partial charge >= 0.3 is 0 Å². The SMILES string of the molecule is CN1[C@@H]2CC[C@H]1C[C@@H](Oc1ccc(-c3n[nH]c4ccc(C(=O)N[C@@H](O)c5ccccn5)cc34)cc1)C2. The fourth-order valence-electron chi connectivity index (χ4n) is 5.54. The van der Waals surface area contributed by atoms with Crippen LogP contribution in [0.2, 0.25) is 0 Å². The normalized spacial score (nSPS) is 22.4. The van der Waals surface area contributed by atoms with Gasteiger partial charge in [0.05, 0.1) is 16.9 Å². The maximum atomic E-state index is 12.8. The molecular formula is C28H29N5O3. The number of pyridine rings is 1. The number of ether oxygens (including phenoxy) is 1. The first kappa shape index (κ1) is 22.7. The van der Waals surface area contributed by atoms with Crippen LogP contribution in [0.1, 0.15) is 48.0 Å². The van der Waals surface area contributed by atoms with E-state index in [1.165, 1.54) is 12.8 Å². The summed E-state index contributed by atoms with van der Waals surface area (Å²) in [5.41, 5.74) is 3.33. The second kappa shape index (κ2) is 9.37. The molecule has 8 nitrogen and oxygen atoms in total. The fourth-order valence-corrected chi connectivity index (χ4v) is 5.54. The quantitative estimate of drug-likeness (QED) is 0.358. The van der Waals surface area contributed by atoms with E-state index < -0.39 is 12.1 Å². The van der Waals surface area contributed by atoms with Crippen LogP contribution < -0.4 is 10.1 Å². The molecule has 0 aliphatic carbocycles. The number of piperidine rings is 1. The standard InChI is InChI=1S/C28H29N5O3/c1-33-19-8-9-20(33)16-22(15-19)36-21-10-5-17(6-11-21)26-23-14-18(7-12-24(23)31-32-26)27(34)30-28(35)25-4-2-3-13-29-25/h2-7,10-14,19-20,22,28,35H,8-9,15-16H2,1H3,(H,30,34)(H,31,32)/t19-,20+,22+,28-/m0/s1. The molecule has 184 valence electrons. The molecule has 2 aliphatic heterocycles. The van der Waals surface area contributed by atoms with Crippen LogP contribution in [0.25, 0.3) is 22.2 Å². The summed E-state index contributed by atoms with van der Waals surface area (Å²) in [5, 5.41) is 21.3. The Bertz CT molecular complexity index is 1360. The van der Waals surface area contributed by atoms with Crippen molar-refractivity contribution in [2.75, 3.05) is 7.05 Å². The van der Waals surface area contributed by atoms with Gasteiger partial charge in [0.25, 0.3) is 5.91 Å². The van der Waals surface area contributed by atoms with Gasteiger partial charge in [-0.25, -0.2) is 0 Å². The summed E-state index contributed by atoms with van der Waals surface area (Å²) >= 11 is 0. The van der Waals surface area contributed by atoms with Gasteiger partial charge in [0, 0.05) is 34.8 Å². The summed E-state index contributed by atoms with van der Waals surface area (Å²) in [6, 6.07) is 19.8. The minimum atomic E-state index is -1.19. The first-order chi connectivity index (χ1) is 17.5. The molecule has 1 amide bonds. The van der Waals surface area contributed by atoms with Crippen molar-refractivity contribution >= 4 is 16.8 Å². The molecular weight excluding hydrogens is 454 g/mol. The largest absolute Gasteiger partial charge is 0.490 e. The van der Waals surface area contributed by atoms with Gasteiger partial charge < -0.3 is 20.1 Å².